The van der Waals surface area contributed by atoms with Crippen molar-refractivity contribution in [2.45, 2.75) is 18.4 Å². The third kappa shape index (κ3) is 2.04. The quantitative estimate of drug-likeness (QED) is 0.708. The Morgan fingerprint density at radius 2 is 1.80 bits per heavy atom. The Bertz CT molecular complexity index is 321. The van der Waals surface area contributed by atoms with Crippen LogP contribution in [-0.2, 0) is 12.8 Å². The zero-order valence-corrected chi connectivity index (χ0v) is 9.46. The van der Waals surface area contributed by atoms with E-state index in [2.05, 4.69) is 29.7 Å². The smallest absolute Gasteiger partial charge is 0.0528 e. The molecular formula is C12H19N3. The van der Waals surface area contributed by atoms with Gasteiger partial charge in [-0.25, -0.2) is 5.43 Å². The van der Waals surface area contributed by atoms with E-state index in [0.29, 0.717) is 6.54 Å². The Labute approximate surface area is 91.2 Å². The summed E-state index contributed by atoms with van der Waals surface area (Å²) in [5.74, 6) is 0. The van der Waals surface area contributed by atoms with Gasteiger partial charge in [-0.05, 0) is 24.0 Å². The summed E-state index contributed by atoms with van der Waals surface area (Å²) >= 11 is 0. The number of benzene rings is 1. The largest absolute Gasteiger partial charge is 0.329 e. The van der Waals surface area contributed by atoms with Crippen LogP contribution in [0, 0.1) is 0 Å². The third-order valence-electron chi connectivity index (χ3n) is 3.03. The highest BCUT2D eigenvalue weighted by molar-refractivity contribution is 5.36. The maximum atomic E-state index is 5.91. The Hall–Kier alpha value is -0.900. The molecule has 1 aromatic rings. The summed E-state index contributed by atoms with van der Waals surface area (Å²) in [6.07, 6.45) is 2.05. The van der Waals surface area contributed by atoms with Crippen LogP contribution in [-0.4, -0.2) is 31.2 Å². The van der Waals surface area contributed by atoms with E-state index in [4.69, 9.17) is 5.73 Å². The summed E-state index contributed by atoms with van der Waals surface area (Å²) in [4.78, 5) is 0. The predicted octanol–water partition coefficient (Wildman–Crippen LogP) is 0.549. The van der Waals surface area contributed by atoms with E-state index in [1.807, 2.05) is 19.1 Å². The summed E-state index contributed by atoms with van der Waals surface area (Å²) in [5.41, 5.74) is 12.2. The number of hydrogen-bond acceptors (Lipinski definition) is 3. The van der Waals surface area contributed by atoms with Crippen molar-refractivity contribution >= 4 is 0 Å². The fourth-order valence-corrected chi connectivity index (χ4v) is 2.44. The van der Waals surface area contributed by atoms with E-state index in [1.54, 1.807) is 0 Å². The highest BCUT2D eigenvalue weighted by Crippen LogP contribution is 2.29. The highest BCUT2D eigenvalue weighted by Gasteiger charge is 2.36. The Balaban J connectivity index is 2.21. The van der Waals surface area contributed by atoms with Gasteiger partial charge in [0.25, 0.3) is 0 Å². The molecule has 0 saturated heterocycles. The maximum absolute atomic E-state index is 5.91. The molecule has 3 nitrogen and oxygen atoms in total. The standard InChI is InChI=1S/C12H19N3/c1-15(2)14-12(9-13)7-10-5-3-4-6-11(10)8-12/h3-6,14H,7-9,13H2,1-2H3. The first-order chi connectivity index (χ1) is 7.15. The molecule has 0 aliphatic heterocycles. The monoisotopic (exact) mass is 205 g/mol. The van der Waals surface area contributed by atoms with Gasteiger partial charge in [0.1, 0.15) is 0 Å². The molecule has 0 atom stereocenters. The summed E-state index contributed by atoms with van der Waals surface area (Å²) in [6.45, 7) is 0.667. The van der Waals surface area contributed by atoms with Crippen LogP contribution in [0.25, 0.3) is 0 Å². The van der Waals surface area contributed by atoms with Crippen LogP contribution in [0.4, 0.5) is 0 Å². The van der Waals surface area contributed by atoms with Crippen molar-refractivity contribution < 1.29 is 0 Å². The Morgan fingerprint density at radius 3 is 2.20 bits per heavy atom. The lowest BCUT2D eigenvalue weighted by atomic mass is 9.97. The fraction of sp³-hybridized carbons (Fsp3) is 0.500. The van der Waals surface area contributed by atoms with E-state index in [1.165, 1.54) is 11.1 Å². The summed E-state index contributed by atoms with van der Waals surface area (Å²) in [6, 6.07) is 8.59. The van der Waals surface area contributed by atoms with Gasteiger partial charge in [-0.15, -0.1) is 0 Å². The van der Waals surface area contributed by atoms with E-state index >= 15 is 0 Å². The number of nitrogens with zero attached hydrogens (tertiary/aromatic N) is 1. The number of hydrazine groups is 1. The van der Waals surface area contributed by atoms with E-state index in [0.717, 1.165) is 12.8 Å². The molecule has 0 saturated carbocycles. The minimum Gasteiger partial charge on any atom is -0.329 e. The van der Waals surface area contributed by atoms with Crippen molar-refractivity contribution in [1.82, 2.24) is 10.4 Å². The molecule has 0 spiro atoms. The molecule has 0 bridgehead atoms. The van der Waals surface area contributed by atoms with Gasteiger partial charge in [0.2, 0.25) is 0 Å². The second kappa shape index (κ2) is 3.93. The van der Waals surface area contributed by atoms with Crippen LogP contribution in [0.15, 0.2) is 24.3 Å². The van der Waals surface area contributed by atoms with Crippen LogP contribution >= 0.6 is 0 Å². The molecule has 1 aromatic carbocycles. The Kier molecular flexibility index (Phi) is 2.78. The molecule has 0 fully saturated rings. The summed E-state index contributed by atoms with van der Waals surface area (Å²) < 4.78 is 0. The first-order valence-electron chi connectivity index (χ1n) is 5.37. The topological polar surface area (TPSA) is 41.3 Å². The average Bonchev–Trinajstić information content (AvgIpc) is 2.55. The lowest BCUT2D eigenvalue weighted by Crippen LogP contribution is -2.57. The van der Waals surface area contributed by atoms with Gasteiger partial charge in [-0.2, -0.15) is 0 Å². The number of hydrogen-bond donors (Lipinski definition) is 2. The summed E-state index contributed by atoms with van der Waals surface area (Å²) in [5, 5.41) is 2.00. The maximum Gasteiger partial charge on any atom is 0.0528 e. The number of fused-ring (bicyclic) bond motifs is 1. The lowest BCUT2D eigenvalue weighted by molar-refractivity contribution is 0.169. The van der Waals surface area contributed by atoms with Gasteiger partial charge in [-0.3, -0.25) is 5.01 Å². The van der Waals surface area contributed by atoms with Gasteiger partial charge >= 0.3 is 0 Å². The third-order valence-corrected chi connectivity index (χ3v) is 3.03. The molecule has 82 valence electrons. The van der Waals surface area contributed by atoms with Crippen LogP contribution in [0.3, 0.4) is 0 Å². The molecule has 0 aromatic heterocycles. The molecule has 0 radical (unpaired) electrons. The molecule has 0 heterocycles. The highest BCUT2D eigenvalue weighted by atomic mass is 15.5. The van der Waals surface area contributed by atoms with Crippen molar-refractivity contribution in [2.24, 2.45) is 5.73 Å². The van der Waals surface area contributed by atoms with E-state index in [9.17, 15) is 0 Å². The van der Waals surface area contributed by atoms with Crippen molar-refractivity contribution in [1.29, 1.82) is 0 Å². The molecule has 1 aliphatic rings. The van der Waals surface area contributed by atoms with Crippen LogP contribution in [0.5, 0.6) is 0 Å². The van der Waals surface area contributed by atoms with Crippen molar-refractivity contribution in [3.8, 4) is 0 Å². The van der Waals surface area contributed by atoms with Crippen molar-refractivity contribution in [3.63, 3.8) is 0 Å². The molecular weight excluding hydrogens is 186 g/mol. The normalized spacial score (nSPS) is 18.1. The van der Waals surface area contributed by atoms with Gasteiger partial charge in [0.15, 0.2) is 0 Å². The van der Waals surface area contributed by atoms with Gasteiger partial charge in [0, 0.05) is 20.6 Å². The first kappa shape index (κ1) is 10.6. The SMILES string of the molecule is CN(C)NC1(CN)Cc2ccccc2C1. The number of nitrogens with one attached hydrogen (secondary N) is 1. The van der Waals surface area contributed by atoms with Crippen LogP contribution in [0.2, 0.25) is 0 Å². The Morgan fingerprint density at radius 1 is 1.27 bits per heavy atom. The summed E-state index contributed by atoms with van der Waals surface area (Å²) in [7, 11) is 4.03. The van der Waals surface area contributed by atoms with Gasteiger partial charge < -0.3 is 5.73 Å². The average molecular weight is 205 g/mol. The zero-order chi connectivity index (χ0) is 10.9. The molecule has 2 rings (SSSR count). The van der Waals surface area contributed by atoms with E-state index < -0.39 is 0 Å². The second-order valence-electron chi connectivity index (χ2n) is 4.61. The molecule has 3 heteroatoms. The molecule has 0 unspecified atom stereocenters. The van der Waals surface area contributed by atoms with Gasteiger partial charge in [0.05, 0.1) is 5.54 Å². The lowest BCUT2D eigenvalue weighted by Gasteiger charge is -2.32. The predicted molar refractivity (Wildman–Crippen MR) is 62.5 cm³/mol. The first-order valence-corrected chi connectivity index (χ1v) is 5.37. The minimum absolute atomic E-state index is 0.0210. The zero-order valence-electron chi connectivity index (χ0n) is 9.46. The van der Waals surface area contributed by atoms with Crippen LogP contribution in [0.1, 0.15) is 11.1 Å². The minimum atomic E-state index is 0.0210. The van der Waals surface area contributed by atoms with Crippen molar-refractivity contribution in [3.05, 3.63) is 35.4 Å². The molecule has 15 heavy (non-hydrogen) atoms. The van der Waals surface area contributed by atoms with Crippen LogP contribution < -0.4 is 11.2 Å². The van der Waals surface area contributed by atoms with Gasteiger partial charge in [-0.1, -0.05) is 24.3 Å². The molecule has 3 N–H and O–H groups in total. The van der Waals surface area contributed by atoms with Crippen molar-refractivity contribution in [2.75, 3.05) is 20.6 Å². The van der Waals surface area contributed by atoms with E-state index in [-0.39, 0.29) is 5.54 Å². The number of rotatable bonds is 3. The molecule has 1 aliphatic carbocycles. The number of nitrogens with two attached hydrogens (primary N) is 1. The fourth-order valence-electron chi connectivity index (χ4n) is 2.44. The second-order valence-corrected chi connectivity index (χ2v) is 4.61. The molecule has 0 amide bonds.